The molecule has 0 saturated heterocycles. The Bertz CT molecular complexity index is 440. The fourth-order valence-corrected chi connectivity index (χ4v) is 2.78. The van der Waals surface area contributed by atoms with E-state index in [9.17, 15) is 0 Å². The summed E-state index contributed by atoms with van der Waals surface area (Å²) < 4.78 is 1.84. The zero-order valence-corrected chi connectivity index (χ0v) is 11.0. The van der Waals surface area contributed by atoms with Gasteiger partial charge in [-0.1, -0.05) is 54.3 Å². The van der Waals surface area contributed by atoms with Crippen molar-refractivity contribution in [2.24, 2.45) is 0 Å². The molecule has 0 saturated carbocycles. The highest BCUT2D eigenvalue weighted by atomic mass is 28.3. The van der Waals surface area contributed by atoms with E-state index in [2.05, 4.69) is 54.2 Å². The maximum Gasteiger partial charge on any atom is 0.0775 e. The third kappa shape index (κ3) is 2.58. The van der Waals surface area contributed by atoms with Gasteiger partial charge in [0.1, 0.15) is 0 Å². The van der Waals surface area contributed by atoms with Crippen LogP contribution in [0.4, 0.5) is 0 Å². The first kappa shape index (κ1) is 11.1. The van der Waals surface area contributed by atoms with Crippen LogP contribution in [0.2, 0.25) is 19.6 Å². The maximum absolute atomic E-state index is 3.96. The average Bonchev–Trinajstić information content (AvgIpc) is 2.70. The summed E-state index contributed by atoms with van der Waals surface area (Å²) in [7, 11) is -1.17. The van der Waals surface area contributed by atoms with Crippen LogP contribution in [0.1, 0.15) is 5.56 Å². The van der Waals surface area contributed by atoms with E-state index >= 15 is 0 Å². The predicted molar refractivity (Wildman–Crippen MR) is 68.5 cm³/mol. The molecule has 3 nitrogen and oxygen atoms in total. The standard InChI is InChI=1S/C12H17N3Si/c1-16(2,3)12-6-4-11(5-7-12)10-15-9-8-13-14-15/h4-9H,10H2,1-3H3. The SMILES string of the molecule is C[Si](C)(C)c1ccc(Cn2ccnn2)cc1. The molecule has 0 atom stereocenters. The normalized spacial score (nSPS) is 11.7. The van der Waals surface area contributed by atoms with Gasteiger partial charge in [-0.3, -0.25) is 0 Å². The topological polar surface area (TPSA) is 30.7 Å². The van der Waals surface area contributed by atoms with Crippen molar-refractivity contribution in [2.75, 3.05) is 0 Å². The van der Waals surface area contributed by atoms with E-state index in [0.717, 1.165) is 6.54 Å². The van der Waals surface area contributed by atoms with Crippen LogP contribution in [0, 0.1) is 0 Å². The van der Waals surface area contributed by atoms with E-state index < -0.39 is 8.07 Å². The lowest BCUT2D eigenvalue weighted by Gasteiger charge is -2.16. The van der Waals surface area contributed by atoms with Gasteiger partial charge in [0, 0.05) is 6.20 Å². The number of hydrogen-bond donors (Lipinski definition) is 0. The fourth-order valence-electron chi connectivity index (χ4n) is 1.61. The largest absolute Gasteiger partial charge is 0.248 e. The van der Waals surface area contributed by atoms with Gasteiger partial charge in [0.25, 0.3) is 0 Å². The van der Waals surface area contributed by atoms with Crippen molar-refractivity contribution >= 4 is 13.3 Å². The van der Waals surface area contributed by atoms with E-state index in [1.54, 1.807) is 6.20 Å². The van der Waals surface area contributed by atoms with Crippen molar-refractivity contribution in [1.29, 1.82) is 0 Å². The van der Waals surface area contributed by atoms with Gasteiger partial charge in [-0.2, -0.15) is 0 Å². The highest BCUT2D eigenvalue weighted by Gasteiger charge is 2.15. The second kappa shape index (κ2) is 4.21. The van der Waals surface area contributed by atoms with Gasteiger partial charge in [-0.15, -0.1) is 5.10 Å². The molecule has 0 radical (unpaired) electrons. The molecule has 1 aromatic heterocycles. The van der Waals surface area contributed by atoms with Crippen LogP contribution in [-0.2, 0) is 6.54 Å². The van der Waals surface area contributed by atoms with Crippen molar-refractivity contribution in [1.82, 2.24) is 15.0 Å². The van der Waals surface area contributed by atoms with E-state index in [-0.39, 0.29) is 0 Å². The number of rotatable bonds is 3. The van der Waals surface area contributed by atoms with Crippen molar-refractivity contribution < 1.29 is 0 Å². The second-order valence-electron chi connectivity index (χ2n) is 5.05. The van der Waals surface area contributed by atoms with E-state index in [4.69, 9.17) is 0 Å². The van der Waals surface area contributed by atoms with Gasteiger partial charge < -0.3 is 0 Å². The van der Waals surface area contributed by atoms with Crippen LogP contribution in [0.15, 0.2) is 36.7 Å². The van der Waals surface area contributed by atoms with Crippen LogP contribution in [0.25, 0.3) is 0 Å². The van der Waals surface area contributed by atoms with Gasteiger partial charge >= 0.3 is 0 Å². The summed E-state index contributed by atoms with van der Waals surface area (Å²) in [5, 5.41) is 9.25. The van der Waals surface area contributed by atoms with Crippen molar-refractivity contribution in [3.63, 3.8) is 0 Å². The third-order valence-corrected chi connectivity index (χ3v) is 4.70. The molecule has 16 heavy (non-hydrogen) atoms. The van der Waals surface area contributed by atoms with E-state index in [1.165, 1.54) is 10.8 Å². The Hall–Kier alpha value is -1.42. The smallest absolute Gasteiger partial charge is 0.0775 e. The highest BCUT2D eigenvalue weighted by Crippen LogP contribution is 2.05. The van der Waals surface area contributed by atoms with Gasteiger partial charge in [0.05, 0.1) is 20.8 Å². The lowest BCUT2D eigenvalue weighted by molar-refractivity contribution is 0.650. The van der Waals surface area contributed by atoms with Crippen LogP contribution in [-0.4, -0.2) is 23.1 Å². The summed E-state index contributed by atoms with van der Waals surface area (Å²) in [6.45, 7) is 7.88. The van der Waals surface area contributed by atoms with Crippen molar-refractivity contribution in [3.8, 4) is 0 Å². The van der Waals surface area contributed by atoms with Gasteiger partial charge in [0.2, 0.25) is 0 Å². The first-order chi connectivity index (χ1) is 7.55. The minimum atomic E-state index is -1.17. The molecule has 0 amide bonds. The Kier molecular flexibility index (Phi) is 2.92. The zero-order chi connectivity index (χ0) is 11.6. The molecule has 1 heterocycles. The van der Waals surface area contributed by atoms with Gasteiger partial charge in [-0.05, 0) is 5.56 Å². The van der Waals surface area contributed by atoms with Gasteiger partial charge in [-0.25, -0.2) is 4.68 Å². The van der Waals surface area contributed by atoms with Crippen LogP contribution in [0.3, 0.4) is 0 Å². The lowest BCUT2D eigenvalue weighted by Crippen LogP contribution is -2.37. The lowest BCUT2D eigenvalue weighted by atomic mass is 10.2. The fraction of sp³-hybridized carbons (Fsp3) is 0.333. The minimum absolute atomic E-state index is 0.798. The average molecular weight is 231 g/mol. The van der Waals surface area contributed by atoms with E-state index in [0.29, 0.717) is 0 Å². The molecular weight excluding hydrogens is 214 g/mol. The number of nitrogens with zero attached hydrogens (tertiary/aromatic N) is 3. The predicted octanol–water partition coefficient (Wildman–Crippen LogP) is 1.87. The second-order valence-corrected chi connectivity index (χ2v) is 10.1. The number of hydrogen-bond acceptors (Lipinski definition) is 2. The number of aromatic nitrogens is 3. The van der Waals surface area contributed by atoms with Crippen LogP contribution in [0.5, 0.6) is 0 Å². The molecule has 1 aromatic carbocycles. The minimum Gasteiger partial charge on any atom is -0.248 e. The Morgan fingerprint density at radius 3 is 2.31 bits per heavy atom. The third-order valence-electron chi connectivity index (χ3n) is 2.64. The Morgan fingerprint density at radius 2 is 1.81 bits per heavy atom. The first-order valence-electron chi connectivity index (χ1n) is 5.49. The molecule has 0 fully saturated rings. The summed E-state index contributed by atoms with van der Waals surface area (Å²) in [5.41, 5.74) is 1.27. The summed E-state index contributed by atoms with van der Waals surface area (Å²) >= 11 is 0. The summed E-state index contributed by atoms with van der Waals surface area (Å²) in [6, 6.07) is 8.88. The summed E-state index contributed by atoms with van der Waals surface area (Å²) in [5.74, 6) is 0. The summed E-state index contributed by atoms with van der Waals surface area (Å²) in [6.07, 6.45) is 3.59. The molecule has 0 unspecified atom stereocenters. The molecule has 4 heteroatoms. The molecule has 2 aromatic rings. The van der Waals surface area contributed by atoms with Crippen LogP contribution < -0.4 is 5.19 Å². The van der Waals surface area contributed by atoms with Crippen LogP contribution >= 0.6 is 0 Å². The molecule has 0 aliphatic heterocycles. The Labute approximate surface area is 97.1 Å². The Balaban J connectivity index is 2.14. The molecular formula is C12H17N3Si. The zero-order valence-electron chi connectivity index (χ0n) is 10.0. The Morgan fingerprint density at radius 1 is 1.12 bits per heavy atom. The molecule has 0 bridgehead atoms. The molecule has 0 aliphatic carbocycles. The summed E-state index contributed by atoms with van der Waals surface area (Å²) in [4.78, 5) is 0. The monoisotopic (exact) mass is 231 g/mol. The molecule has 0 N–H and O–H groups in total. The molecule has 0 spiro atoms. The van der Waals surface area contributed by atoms with Crippen molar-refractivity contribution in [3.05, 3.63) is 42.2 Å². The molecule has 84 valence electrons. The first-order valence-corrected chi connectivity index (χ1v) is 8.99. The quantitative estimate of drug-likeness (QED) is 0.755. The highest BCUT2D eigenvalue weighted by molar-refractivity contribution is 6.88. The van der Waals surface area contributed by atoms with Crippen molar-refractivity contribution in [2.45, 2.75) is 26.2 Å². The molecule has 0 aliphatic rings. The van der Waals surface area contributed by atoms with Gasteiger partial charge in [0.15, 0.2) is 0 Å². The molecule has 2 rings (SSSR count). The maximum atomic E-state index is 3.96. The van der Waals surface area contributed by atoms with E-state index in [1.807, 2.05) is 10.9 Å². The number of benzene rings is 1.